The molecule has 0 aliphatic carbocycles. The van der Waals surface area contributed by atoms with Crippen molar-refractivity contribution in [3.8, 4) is 11.4 Å². The number of carbonyl (C=O) groups excluding carboxylic acids is 2. The number of hydrogen-bond donors (Lipinski definition) is 0. The molecule has 0 aromatic carbocycles. The predicted molar refractivity (Wildman–Crippen MR) is 146 cm³/mol. The maximum atomic E-state index is 11.9. The van der Waals surface area contributed by atoms with E-state index in [2.05, 4.69) is 16.5 Å². The van der Waals surface area contributed by atoms with Crippen LogP contribution in [0.5, 0.6) is 0 Å². The van der Waals surface area contributed by atoms with Gasteiger partial charge in [-0.05, 0) is 78.7 Å². The fraction of sp³-hybridized carbons (Fsp3) is 0.0714. The summed E-state index contributed by atoms with van der Waals surface area (Å²) in [7, 11) is 0. The Morgan fingerprint density at radius 2 is 1.33 bits per heavy atom. The fourth-order valence-corrected chi connectivity index (χ4v) is 4.78. The Bertz CT molecular complexity index is 1450. The van der Waals surface area contributed by atoms with E-state index in [4.69, 9.17) is 9.47 Å². The number of hydrogen-bond acceptors (Lipinski definition) is 8. The molecule has 0 saturated heterocycles. The first-order valence-electron chi connectivity index (χ1n) is 11.0. The van der Waals surface area contributed by atoms with Crippen LogP contribution in [0.4, 0.5) is 0 Å². The van der Waals surface area contributed by atoms with Crippen LogP contribution in [-0.2, 0) is 9.47 Å². The Morgan fingerprint density at radius 3 is 1.83 bits per heavy atom. The van der Waals surface area contributed by atoms with E-state index in [0.29, 0.717) is 16.4 Å². The molecule has 6 nitrogen and oxygen atoms in total. The van der Waals surface area contributed by atoms with Crippen LogP contribution in [0.3, 0.4) is 0 Å². The van der Waals surface area contributed by atoms with Crippen molar-refractivity contribution in [1.82, 2.24) is 9.97 Å². The smallest absolute Gasteiger partial charge is 0.353 e. The van der Waals surface area contributed by atoms with Crippen molar-refractivity contribution in [3.63, 3.8) is 0 Å². The molecule has 4 aromatic heterocycles. The maximum Gasteiger partial charge on any atom is 0.353 e. The lowest BCUT2D eigenvalue weighted by atomic mass is 10.1. The first-order valence-corrected chi connectivity index (χ1v) is 12.7. The van der Waals surface area contributed by atoms with Crippen LogP contribution < -0.4 is 0 Å². The molecule has 180 valence electrons. The van der Waals surface area contributed by atoms with E-state index in [-0.39, 0.29) is 5.97 Å². The van der Waals surface area contributed by atoms with Gasteiger partial charge in [-0.25, -0.2) is 9.59 Å². The number of aromatic nitrogens is 2. The summed E-state index contributed by atoms with van der Waals surface area (Å²) < 4.78 is 9.86. The summed E-state index contributed by atoms with van der Waals surface area (Å²) in [6.45, 7) is 5.55. The predicted octanol–water partition coefficient (Wildman–Crippen LogP) is 7.08. The highest BCUT2D eigenvalue weighted by Gasteiger charge is 2.10. The number of esters is 2. The van der Waals surface area contributed by atoms with Gasteiger partial charge in [0.2, 0.25) is 0 Å². The maximum absolute atomic E-state index is 11.9. The third kappa shape index (κ3) is 6.50. The molecule has 0 saturated carbocycles. The van der Waals surface area contributed by atoms with Crippen molar-refractivity contribution >= 4 is 58.9 Å². The Labute approximate surface area is 216 Å². The molecule has 0 fully saturated rings. The van der Waals surface area contributed by atoms with Gasteiger partial charge < -0.3 is 9.47 Å². The van der Waals surface area contributed by atoms with Crippen molar-refractivity contribution in [2.75, 3.05) is 6.61 Å². The average Bonchev–Trinajstić information content (AvgIpc) is 3.57. The van der Waals surface area contributed by atoms with E-state index < -0.39 is 5.97 Å². The minimum Gasteiger partial charge on any atom is -0.462 e. The van der Waals surface area contributed by atoms with Gasteiger partial charge in [0.15, 0.2) is 0 Å². The zero-order valence-electron chi connectivity index (χ0n) is 19.4. The molecule has 4 aromatic rings. The van der Waals surface area contributed by atoms with Crippen LogP contribution in [0.15, 0.2) is 73.8 Å². The lowest BCUT2D eigenvalue weighted by molar-refractivity contribution is 0.0531. The van der Waals surface area contributed by atoms with Gasteiger partial charge in [0, 0.05) is 22.1 Å². The highest BCUT2D eigenvalue weighted by Crippen LogP contribution is 2.23. The van der Waals surface area contributed by atoms with E-state index in [1.165, 1.54) is 22.7 Å². The van der Waals surface area contributed by atoms with Crippen LogP contribution in [-0.4, -0.2) is 28.5 Å². The summed E-state index contributed by atoms with van der Waals surface area (Å²) in [5.74, 6) is -0.720. The summed E-state index contributed by atoms with van der Waals surface area (Å²) in [6, 6.07) is 15.0. The van der Waals surface area contributed by atoms with Gasteiger partial charge in [-0.3, -0.25) is 9.97 Å². The van der Waals surface area contributed by atoms with Gasteiger partial charge in [-0.1, -0.05) is 18.7 Å². The molecule has 36 heavy (non-hydrogen) atoms. The van der Waals surface area contributed by atoms with Gasteiger partial charge in [-0.15, -0.1) is 22.7 Å². The number of thiophene rings is 2. The Kier molecular flexibility index (Phi) is 8.33. The molecule has 0 aliphatic heterocycles. The van der Waals surface area contributed by atoms with Gasteiger partial charge in [-0.2, -0.15) is 0 Å². The Hall–Kier alpha value is -4.14. The molecule has 0 amide bonds. The van der Waals surface area contributed by atoms with Crippen molar-refractivity contribution < 1.29 is 19.1 Å². The lowest BCUT2D eigenvalue weighted by Crippen LogP contribution is -2.01. The van der Waals surface area contributed by atoms with Crippen molar-refractivity contribution in [3.05, 3.63) is 104 Å². The fourth-order valence-electron chi connectivity index (χ4n) is 3.18. The summed E-state index contributed by atoms with van der Waals surface area (Å²) in [5.41, 5.74) is 3.41. The van der Waals surface area contributed by atoms with E-state index in [1.54, 1.807) is 31.5 Å². The molecule has 0 atom stereocenters. The number of carbonyl (C=O) groups is 2. The SMILES string of the molecule is C=COC(=O)c1ccc(/C=C/c2ccnc(-c3cc(/C=C/c4ccc(C(=O)OCC)s4)ccn3)c2)s1. The lowest BCUT2D eigenvalue weighted by Gasteiger charge is -2.03. The summed E-state index contributed by atoms with van der Waals surface area (Å²) in [6.07, 6.45) is 12.4. The second kappa shape index (κ2) is 12.0. The number of pyridine rings is 2. The van der Waals surface area contributed by atoms with Gasteiger partial charge >= 0.3 is 11.9 Å². The quantitative estimate of drug-likeness (QED) is 0.175. The van der Waals surface area contributed by atoms with Crippen molar-refractivity contribution in [2.24, 2.45) is 0 Å². The van der Waals surface area contributed by atoms with Crippen molar-refractivity contribution in [2.45, 2.75) is 6.92 Å². The monoisotopic (exact) mass is 514 g/mol. The van der Waals surface area contributed by atoms with E-state index in [1.807, 2.05) is 60.7 Å². The topological polar surface area (TPSA) is 78.4 Å². The second-order valence-electron chi connectivity index (χ2n) is 7.31. The van der Waals surface area contributed by atoms with Gasteiger partial charge in [0.05, 0.1) is 24.3 Å². The van der Waals surface area contributed by atoms with Gasteiger partial charge in [0.1, 0.15) is 9.75 Å². The normalized spacial score (nSPS) is 11.1. The first-order chi connectivity index (χ1) is 17.6. The molecule has 8 heteroatoms. The van der Waals surface area contributed by atoms with Crippen molar-refractivity contribution in [1.29, 1.82) is 0 Å². The third-order valence-electron chi connectivity index (χ3n) is 4.83. The zero-order chi connectivity index (χ0) is 25.3. The molecule has 0 unspecified atom stereocenters. The molecule has 0 spiro atoms. The summed E-state index contributed by atoms with van der Waals surface area (Å²) >= 11 is 2.73. The first kappa shape index (κ1) is 25.0. The molecule has 4 rings (SSSR count). The Morgan fingerprint density at radius 1 is 0.806 bits per heavy atom. The van der Waals surface area contributed by atoms with Crippen LogP contribution in [0.25, 0.3) is 35.7 Å². The van der Waals surface area contributed by atoms with Crippen LogP contribution in [0.1, 0.15) is 47.1 Å². The number of ether oxygens (including phenoxy) is 2. The zero-order valence-corrected chi connectivity index (χ0v) is 21.1. The third-order valence-corrected chi connectivity index (χ3v) is 6.89. The van der Waals surface area contributed by atoms with E-state index in [0.717, 1.165) is 38.5 Å². The molecule has 0 N–H and O–H groups in total. The summed E-state index contributed by atoms with van der Waals surface area (Å²) in [4.78, 5) is 35.6. The molecule has 0 aliphatic rings. The summed E-state index contributed by atoms with van der Waals surface area (Å²) in [5, 5.41) is 0. The van der Waals surface area contributed by atoms with E-state index >= 15 is 0 Å². The molecular weight excluding hydrogens is 492 g/mol. The van der Waals surface area contributed by atoms with Crippen LogP contribution >= 0.6 is 22.7 Å². The molecule has 4 heterocycles. The molecular formula is C28H22N2O4S2. The highest BCUT2D eigenvalue weighted by molar-refractivity contribution is 7.15. The van der Waals surface area contributed by atoms with E-state index in [9.17, 15) is 9.59 Å². The number of rotatable bonds is 9. The Balaban J connectivity index is 1.47. The van der Waals surface area contributed by atoms with Crippen LogP contribution in [0, 0.1) is 0 Å². The average molecular weight is 515 g/mol. The minimum absolute atomic E-state index is 0.303. The largest absolute Gasteiger partial charge is 0.462 e. The van der Waals surface area contributed by atoms with Crippen LogP contribution in [0.2, 0.25) is 0 Å². The molecule has 0 radical (unpaired) electrons. The molecule has 0 bridgehead atoms. The number of nitrogens with zero attached hydrogens (tertiary/aromatic N) is 2. The standard InChI is InChI=1S/C28H22N2O4S2/c1-3-33-27(31)25-11-9-21(35-25)7-5-19-13-15-29-23(17-19)24-18-20(14-16-30-24)6-8-22-10-12-26(36-22)28(32)34-4-2/h3,5-18H,1,4H2,2H3/b7-5+,8-6+. The minimum atomic E-state index is -0.417. The highest BCUT2D eigenvalue weighted by atomic mass is 32.1. The second-order valence-corrected chi connectivity index (χ2v) is 9.54. The van der Waals surface area contributed by atoms with Gasteiger partial charge in [0.25, 0.3) is 0 Å².